The Labute approximate surface area is 120 Å². The van der Waals surface area contributed by atoms with Crippen LogP contribution in [0.2, 0.25) is 39.3 Å². The molecule has 0 heterocycles. The van der Waals surface area contributed by atoms with Crippen LogP contribution in [0.5, 0.6) is 0 Å². The smallest absolute Gasteiger partial charge is 0.233 e. The molecular weight excluding hydrogens is 300 g/mol. The Morgan fingerprint density at radius 1 is 0.850 bits per heavy atom. The third-order valence-corrected chi connectivity index (χ3v) is 8.23. The van der Waals surface area contributed by atoms with Crippen molar-refractivity contribution in [2.24, 2.45) is 0 Å². The predicted molar refractivity (Wildman–Crippen MR) is 81.6 cm³/mol. The first-order chi connectivity index (χ1) is 8.71. The standard InChI is InChI=1S/C14H22F4Si2/c1-19(2,3)12-9-7-8-11(10-12)13(15,14(16,17)18)20(4,5)6/h7-10H,1-6H3. The summed E-state index contributed by atoms with van der Waals surface area (Å²) in [5, 5.41) is -2.37. The van der Waals surface area contributed by atoms with Crippen LogP contribution in [0.3, 0.4) is 0 Å². The summed E-state index contributed by atoms with van der Waals surface area (Å²) in [5.74, 6) is 0. The van der Waals surface area contributed by atoms with Crippen LogP contribution in [-0.2, 0) is 5.29 Å². The van der Waals surface area contributed by atoms with Gasteiger partial charge in [0, 0.05) is 0 Å². The molecule has 1 unspecified atom stereocenters. The van der Waals surface area contributed by atoms with Gasteiger partial charge in [0.25, 0.3) is 0 Å². The third kappa shape index (κ3) is 3.00. The van der Waals surface area contributed by atoms with Gasteiger partial charge < -0.3 is 0 Å². The first kappa shape index (κ1) is 17.4. The highest BCUT2D eigenvalue weighted by Crippen LogP contribution is 2.48. The van der Waals surface area contributed by atoms with Crippen molar-refractivity contribution in [3.05, 3.63) is 29.8 Å². The molecule has 0 aromatic heterocycles. The lowest BCUT2D eigenvalue weighted by molar-refractivity contribution is -0.206. The summed E-state index contributed by atoms with van der Waals surface area (Å²) in [5.41, 5.74) is -0.232. The lowest BCUT2D eigenvalue weighted by atomic mass is 10.1. The van der Waals surface area contributed by atoms with Crippen molar-refractivity contribution in [3.63, 3.8) is 0 Å². The van der Waals surface area contributed by atoms with Crippen molar-refractivity contribution in [2.45, 2.75) is 50.8 Å². The first-order valence-corrected chi connectivity index (χ1v) is 13.6. The SMILES string of the molecule is C[Si](C)(C)c1cccc(C(F)(C(F)(F)F)[Si](C)(C)C)c1. The van der Waals surface area contributed by atoms with Gasteiger partial charge in [0.05, 0.1) is 8.07 Å². The maximum absolute atomic E-state index is 15.1. The Morgan fingerprint density at radius 3 is 1.70 bits per heavy atom. The van der Waals surface area contributed by atoms with Crippen LogP contribution in [0.15, 0.2) is 24.3 Å². The molecule has 1 rings (SSSR count). The highest BCUT2D eigenvalue weighted by atomic mass is 28.3. The molecule has 6 heteroatoms. The molecule has 1 atom stereocenters. The molecule has 0 bridgehead atoms. The molecule has 0 N–H and O–H groups in total. The van der Waals surface area contributed by atoms with E-state index in [0.29, 0.717) is 0 Å². The molecule has 0 fully saturated rings. The van der Waals surface area contributed by atoms with Crippen molar-refractivity contribution >= 4 is 21.3 Å². The lowest BCUT2D eigenvalue weighted by Crippen LogP contribution is -2.56. The van der Waals surface area contributed by atoms with Gasteiger partial charge in [-0.05, 0) is 5.56 Å². The van der Waals surface area contributed by atoms with Crippen LogP contribution in [0.4, 0.5) is 17.6 Å². The first-order valence-electron chi connectivity index (χ1n) is 6.58. The van der Waals surface area contributed by atoms with E-state index >= 15 is 4.39 Å². The second-order valence-corrected chi connectivity index (χ2v) is 17.5. The van der Waals surface area contributed by atoms with E-state index in [1.165, 1.54) is 31.8 Å². The van der Waals surface area contributed by atoms with Crippen molar-refractivity contribution in [1.82, 2.24) is 0 Å². The van der Waals surface area contributed by atoms with Gasteiger partial charge in [-0.3, -0.25) is 0 Å². The fourth-order valence-corrected chi connectivity index (χ4v) is 5.28. The number of alkyl halides is 4. The molecule has 0 spiro atoms. The van der Waals surface area contributed by atoms with Gasteiger partial charge in [-0.15, -0.1) is 0 Å². The van der Waals surface area contributed by atoms with Crippen molar-refractivity contribution in [3.8, 4) is 0 Å². The van der Waals surface area contributed by atoms with Gasteiger partial charge in [-0.2, -0.15) is 13.2 Å². The summed E-state index contributed by atoms with van der Waals surface area (Å²) in [6.45, 7) is 10.4. The number of benzene rings is 1. The van der Waals surface area contributed by atoms with Gasteiger partial charge in [-0.1, -0.05) is 68.7 Å². The fourth-order valence-electron chi connectivity index (χ4n) is 2.22. The topological polar surface area (TPSA) is 0 Å². The van der Waals surface area contributed by atoms with Crippen LogP contribution in [0.1, 0.15) is 5.56 Å². The molecule has 0 saturated heterocycles. The normalized spacial score (nSPS) is 16.9. The molecule has 1 aromatic rings. The summed E-state index contributed by atoms with van der Waals surface area (Å²) >= 11 is 0. The van der Waals surface area contributed by atoms with E-state index in [0.717, 1.165) is 5.19 Å². The second kappa shape index (κ2) is 4.98. The van der Waals surface area contributed by atoms with E-state index in [9.17, 15) is 13.2 Å². The Morgan fingerprint density at radius 2 is 1.35 bits per heavy atom. The molecule has 114 valence electrons. The fraction of sp³-hybridized carbons (Fsp3) is 0.571. The van der Waals surface area contributed by atoms with Crippen molar-refractivity contribution in [1.29, 1.82) is 0 Å². The maximum Gasteiger partial charge on any atom is 0.423 e. The van der Waals surface area contributed by atoms with Gasteiger partial charge in [0.2, 0.25) is 5.29 Å². The van der Waals surface area contributed by atoms with E-state index < -0.39 is 27.6 Å². The zero-order valence-electron chi connectivity index (χ0n) is 12.8. The lowest BCUT2D eigenvalue weighted by Gasteiger charge is -2.38. The summed E-state index contributed by atoms with van der Waals surface area (Å²) in [7, 11) is -4.93. The average molecular weight is 322 g/mol. The molecule has 1 aromatic carbocycles. The molecule has 0 saturated carbocycles. The predicted octanol–water partition coefficient (Wildman–Crippen LogP) is 4.84. The van der Waals surface area contributed by atoms with Gasteiger partial charge in [0.1, 0.15) is 8.07 Å². The minimum absolute atomic E-state index is 0.232. The number of hydrogen-bond donors (Lipinski definition) is 0. The summed E-state index contributed by atoms with van der Waals surface area (Å²) in [4.78, 5) is 0. The number of hydrogen-bond acceptors (Lipinski definition) is 0. The van der Waals surface area contributed by atoms with E-state index in [1.807, 2.05) is 19.6 Å². The number of halogens is 4. The summed E-state index contributed by atoms with van der Waals surface area (Å²) in [6.07, 6.45) is -4.88. The highest BCUT2D eigenvalue weighted by Gasteiger charge is 2.64. The summed E-state index contributed by atoms with van der Waals surface area (Å²) < 4.78 is 55.2. The van der Waals surface area contributed by atoms with Crippen LogP contribution in [0, 0.1) is 0 Å². The Kier molecular flexibility index (Phi) is 4.34. The molecule has 0 radical (unpaired) electrons. The van der Waals surface area contributed by atoms with Crippen LogP contribution >= 0.6 is 0 Å². The minimum Gasteiger partial charge on any atom is -0.233 e. The molecule has 0 aliphatic rings. The molecule has 0 aliphatic heterocycles. The molecule has 0 aliphatic carbocycles. The zero-order valence-corrected chi connectivity index (χ0v) is 14.8. The Bertz CT molecular complexity index is 467. The van der Waals surface area contributed by atoms with E-state index in [1.54, 1.807) is 12.1 Å². The number of rotatable bonds is 3. The Hall–Kier alpha value is -0.626. The van der Waals surface area contributed by atoms with Gasteiger partial charge >= 0.3 is 6.18 Å². The van der Waals surface area contributed by atoms with Crippen LogP contribution in [0.25, 0.3) is 0 Å². The molecule has 20 heavy (non-hydrogen) atoms. The second-order valence-electron chi connectivity index (χ2n) is 7.24. The zero-order chi connectivity index (χ0) is 16.0. The maximum atomic E-state index is 15.1. The molecular formula is C14H22F4Si2. The Balaban J connectivity index is 3.53. The summed E-state index contributed by atoms with van der Waals surface area (Å²) in [6, 6.07) is 6.05. The van der Waals surface area contributed by atoms with E-state index in [-0.39, 0.29) is 5.56 Å². The largest absolute Gasteiger partial charge is 0.423 e. The molecule has 0 amide bonds. The molecule has 0 nitrogen and oxygen atoms in total. The van der Waals surface area contributed by atoms with Crippen LogP contribution in [-0.4, -0.2) is 22.3 Å². The van der Waals surface area contributed by atoms with Gasteiger partial charge in [-0.25, -0.2) is 4.39 Å². The third-order valence-electron chi connectivity index (χ3n) is 3.55. The monoisotopic (exact) mass is 322 g/mol. The minimum atomic E-state index is -4.88. The van der Waals surface area contributed by atoms with Crippen molar-refractivity contribution < 1.29 is 17.6 Å². The van der Waals surface area contributed by atoms with Crippen molar-refractivity contribution in [2.75, 3.05) is 0 Å². The highest BCUT2D eigenvalue weighted by molar-refractivity contribution is 6.88. The van der Waals surface area contributed by atoms with E-state index in [2.05, 4.69) is 0 Å². The van der Waals surface area contributed by atoms with Crippen LogP contribution < -0.4 is 5.19 Å². The quantitative estimate of drug-likeness (QED) is 0.552. The van der Waals surface area contributed by atoms with Gasteiger partial charge in [0.15, 0.2) is 0 Å². The average Bonchev–Trinajstić information content (AvgIpc) is 2.24. The van der Waals surface area contributed by atoms with E-state index in [4.69, 9.17) is 0 Å².